The molecule has 0 aromatic rings. The van der Waals surface area contributed by atoms with Gasteiger partial charge in [0.05, 0.1) is 12.7 Å². The van der Waals surface area contributed by atoms with Crippen molar-refractivity contribution in [1.29, 1.82) is 0 Å². The minimum absolute atomic E-state index is 0.425. The molecule has 0 amide bonds. The number of ether oxygens (including phenoxy) is 1. The van der Waals surface area contributed by atoms with Gasteiger partial charge in [-0.15, -0.1) is 0 Å². The summed E-state index contributed by atoms with van der Waals surface area (Å²) < 4.78 is 5.22. The van der Waals surface area contributed by atoms with Crippen molar-refractivity contribution in [3.05, 3.63) is 0 Å². The lowest BCUT2D eigenvalue weighted by Crippen LogP contribution is -2.49. The average molecular weight is 1260 g/mol. The van der Waals surface area contributed by atoms with Crippen molar-refractivity contribution in [3.8, 4) is 0 Å². The van der Waals surface area contributed by atoms with E-state index in [0.717, 1.165) is 73.3 Å². The SMILES string of the molecule is CC.CC.CC.CC.CC.CC.CC.CC.CC.CC.CC12CCC(CC1)NC2.CC1CCCCN1.CC1CCCCNC1.CC1CCCN1.CC1CCCNC1.CC1CCNC1.CC1CCNC1.CC1CCNCC1.CC1CNC1.CC1CNCCO1. The molecule has 11 aliphatic heterocycles. The lowest BCUT2D eigenvalue weighted by molar-refractivity contribution is 0.0410. The molecule has 7 unspecified atom stereocenters. The fourth-order valence-electron chi connectivity index (χ4n) is 9.88. The van der Waals surface area contributed by atoms with Crippen LogP contribution in [0, 0.1) is 40.9 Å². The highest BCUT2D eigenvalue weighted by Crippen LogP contribution is 2.39. The molecule has 12 aliphatic rings. The summed E-state index contributed by atoms with van der Waals surface area (Å²) >= 11 is 0. The zero-order chi connectivity index (χ0) is 69.5. The second-order valence-corrected chi connectivity index (χ2v) is 23.8. The highest BCUT2D eigenvalue weighted by atomic mass is 16.5. The Morgan fingerprint density at radius 3 is 0.807 bits per heavy atom. The van der Waals surface area contributed by atoms with Crippen molar-refractivity contribution in [1.82, 2.24) is 53.2 Å². The van der Waals surface area contributed by atoms with Gasteiger partial charge in [0.2, 0.25) is 0 Å². The van der Waals surface area contributed by atoms with Crippen LogP contribution in [0.4, 0.5) is 0 Å². The second kappa shape index (κ2) is 93.0. The van der Waals surface area contributed by atoms with Gasteiger partial charge in [-0.2, -0.15) is 0 Å². The Bertz CT molecular complexity index is 936. The Balaban J connectivity index is -0.000000109. The van der Waals surface area contributed by atoms with Crippen LogP contribution in [0.5, 0.6) is 0 Å². The van der Waals surface area contributed by atoms with Crippen molar-refractivity contribution in [2.75, 3.05) is 118 Å². The van der Waals surface area contributed by atoms with Gasteiger partial charge in [-0.05, 0) is 256 Å². The average Bonchev–Trinajstić information content (AvgIpc) is 3.43. The Kier molecular flexibility index (Phi) is 112. The predicted molar refractivity (Wildman–Crippen MR) is 412 cm³/mol. The number of morpholine rings is 1. The number of hydrogen-bond donors (Lipinski definition) is 10. The van der Waals surface area contributed by atoms with E-state index in [2.05, 4.69) is 122 Å². The zero-order valence-corrected chi connectivity index (χ0v) is 67.1. The maximum atomic E-state index is 5.22. The van der Waals surface area contributed by atoms with Crippen molar-refractivity contribution in [2.24, 2.45) is 40.9 Å². The van der Waals surface area contributed by atoms with Crippen molar-refractivity contribution in [2.45, 2.75) is 348 Å². The summed E-state index contributed by atoms with van der Waals surface area (Å²) in [5.41, 5.74) is 0.675. The third-order valence-electron chi connectivity index (χ3n) is 15.6. The van der Waals surface area contributed by atoms with Crippen LogP contribution in [-0.2, 0) is 4.74 Å². The first-order valence-electron chi connectivity index (χ1n) is 39.6. The van der Waals surface area contributed by atoms with Gasteiger partial charge in [0.1, 0.15) is 0 Å². The van der Waals surface area contributed by atoms with E-state index < -0.39 is 0 Å². The molecule has 11 heteroatoms. The van der Waals surface area contributed by atoms with E-state index in [0.29, 0.717) is 11.5 Å². The standard InChI is InChI=1S/C8H15N.C7H15N.3C6H13N.C5H11NO.3C5H11N.C4H9N.10C2H6/c1-8-4-2-7(3-5-8)9-6-8;1-7-4-2-3-5-8-6-7;1-6-2-4-7-5-3-6;1-6-3-2-4-7-5-6;1-6-4-2-3-5-7-6;1-5-4-6-2-3-7-5;2*1-5-2-3-6-4-5;1-5-3-2-4-6-5;1-4-2-5-3-4;10*1-2/h7,9H,2-6H2,1H3;7-8H,2-6H2,1H3;3*6-7H,2-5H2,1H3;5-6H,2-4H2,1H3;3*5-6H,2-4H2,1H3;4-5H,2-3H2,1H3;10*1-2H3. The molecule has 0 spiro atoms. The van der Waals surface area contributed by atoms with Gasteiger partial charge in [0, 0.05) is 37.8 Å². The van der Waals surface area contributed by atoms with Crippen molar-refractivity contribution in [3.63, 3.8) is 0 Å². The first-order chi connectivity index (χ1) is 42.8. The summed E-state index contributed by atoms with van der Waals surface area (Å²) in [7, 11) is 0. The van der Waals surface area contributed by atoms with Crippen LogP contribution in [-0.4, -0.2) is 142 Å². The molecular weight excluding hydrogens is 1080 g/mol. The van der Waals surface area contributed by atoms with E-state index in [4.69, 9.17) is 4.74 Å². The smallest absolute Gasteiger partial charge is 0.0672 e. The lowest BCUT2D eigenvalue weighted by atomic mass is 9.70. The molecule has 7 atom stereocenters. The summed E-state index contributed by atoms with van der Waals surface area (Å²) in [6, 6.07) is 2.46. The molecule has 88 heavy (non-hydrogen) atoms. The molecule has 546 valence electrons. The Morgan fingerprint density at radius 1 is 0.273 bits per heavy atom. The topological polar surface area (TPSA) is 130 Å². The quantitative estimate of drug-likeness (QED) is 0.114. The van der Waals surface area contributed by atoms with Crippen LogP contribution in [0.15, 0.2) is 0 Å². The maximum Gasteiger partial charge on any atom is 0.0672 e. The molecule has 0 radical (unpaired) electrons. The van der Waals surface area contributed by atoms with Gasteiger partial charge in [-0.25, -0.2) is 0 Å². The van der Waals surface area contributed by atoms with Gasteiger partial charge < -0.3 is 57.9 Å². The van der Waals surface area contributed by atoms with Crippen LogP contribution >= 0.6 is 0 Å². The van der Waals surface area contributed by atoms with Crippen LogP contribution in [0.2, 0.25) is 0 Å². The summed E-state index contributed by atoms with van der Waals surface area (Å²) in [6.07, 6.45) is 25.7. The van der Waals surface area contributed by atoms with Crippen LogP contribution < -0.4 is 53.2 Å². The van der Waals surface area contributed by atoms with Crippen molar-refractivity contribution < 1.29 is 4.74 Å². The number of hydrogen-bond acceptors (Lipinski definition) is 11. The number of nitrogens with one attached hydrogen (secondary N) is 10. The van der Waals surface area contributed by atoms with Gasteiger partial charge in [-0.1, -0.05) is 200 Å². The molecule has 12 fully saturated rings. The Morgan fingerprint density at radius 2 is 0.602 bits per heavy atom. The van der Waals surface area contributed by atoms with Gasteiger partial charge >= 0.3 is 0 Å². The molecule has 0 aromatic carbocycles. The molecule has 12 rings (SSSR count). The van der Waals surface area contributed by atoms with E-state index >= 15 is 0 Å². The van der Waals surface area contributed by atoms with Gasteiger partial charge in [0.25, 0.3) is 0 Å². The monoisotopic (exact) mass is 1260 g/mol. The van der Waals surface area contributed by atoms with Gasteiger partial charge in [0.15, 0.2) is 0 Å². The number of rotatable bonds is 0. The predicted octanol–water partition coefficient (Wildman–Crippen LogP) is 18.6. The molecule has 0 aromatic heterocycles. The first kappa shape index (κ1) is 106. The fraction of sp³-hybridized carbons (Fsp3) is 1.00. The molecule has 2 bridgehead atoms. The zero-order valence-electron chi connectivity index (χ0n) is 67.1. The Labute approximate surface area is 561 Å². The largest absolute Gasteiger partial charge is 0.376 e. The van der Waals surface area contributed by atoms with E-state index in [1.165, 1.54) is 214 Å². The highest BCUT2D eigenvalue weighted by molar-refractivity contribution is 4.92. The van der Waals surface area contributed by atoms with E-state index in [-0.39, 0.29) is 0 Å². The summed E-state index contributed by atoms with van der Waals surface area (Å²) in [6.45, 7) is 84.2. The van der Waals surface area contributed by atoms with Crippen LogP contribution in [0.1, 0.15) is 323 Å². The third kappa shape index (κ3) is 83.6. The number of piperidine rings is 5. The minimum atomic E-state index is 0.425. The minimum Gasteiger partial charge on any atom is -0.376 e. The summed E-state index contributed by atoms with van der Waals surface area (Å²) in [5, 5.41) is 33.2. The second-order valence-electron chi connectivity index (χ2n) is 23.8. The number of fused-ring (bicyclic) bond motifs is 3. The molecule has 1 aliphatic carbocycles. The van der Waals surface area contributed by atoms with E-state index in [1.807, 2.05) is 138 Å². The lowest BCUT2D eigenvalue weighted by Gasteiger charge is -2.44. The normalized spacial score (nSPS) is 27.1. The molecule has 1 saturated carbocycles. The molecule has 11 saturated heterocycles. The first-order valence-corrected chi connectivity index (χ1v) is 39.6. The van der Waals surface area contributed by atoms with E-state index in [9.17, 15) is 0 Å². The van der Waals surface area contributed by atoms with Crippen molar-refractivity contribution >= 4 is 0 Å². The maximum absolute atomic E-state index is 5.22. The molecular formula is C77H182N10O. The van der Waals surface area contributed by atoms with Crippen LogP contribution in [0.25, 0.3) is 0 Å². The van der Waals surface area contributed by atoms with Gasteiger partial charge in [-0.3, -0.25) is 0 Å². The molecule has 10 N–H and O–H groups in total. The highest BCUT2D eigenvalue weighted by Gasteiger charge is 2.36. The molecule has 11 nitrogen and oxygen atoms in total. The third-order valence-corrected chi connectivity index (χ3v) is 15.6. The fourth-order valence-corrected chi connectivity index (χ4v) is 9.88. The van der Waals surface area contributed by atoms with E-state index in [1.54, 1.807) is 0 Å². The van der Waals surface area contributed by atoms with Crippen LogP contribution in [0.3, 0.4) is 0 Å². The Hall–Kier alpha value is -0.440. The summed E-state index contributed by atoms with van der Waals surface area (Å²) in [4.78, 5) is 0. The summed E-state index contributed by atoms with van der Waals surface area (Å²) in [5.74, 6) is 5.64. The molecule has 11 heterocycles.